The van der Waals surface area contributed by atoms with Crippen molar-refractivity contribution in [3.63, 3.8) is 0 Å². The minimum Gasteiger partial charge on any atom is -0.355 e. The average molecular weight is 504 g/mol. The Balaban J connectivity index is 1.16. The van der Waals surface area contributed by atoms with E-state index in [1.165, 1.54) is 53.6 Å². The van der Waals surface area contributed by atoms with E-state index in [-0.39, 0.29) is 0 Å². The van der Waals surface area contributed by atoms with Crippen molar-refractivity contribution in [2.75, 3.05) is 5.32 Å². The predicted octanol–water partition coefficient (Wildman–Crippen LogP) is 10.8. The monoisotopic (exact) mass is 503 g/mol. The molecule has 0 aliphatic rings. The van der Waals surface area contributed by atoms with Crippen LogP contribution in [0, 0.1) is 0 Å². The summed E-state index contributed by atoms with van der Waals surface area (Å²) in [6.07, 6.45) is 0. The Kier molecular flexibility index (Phi) is 5.73. The summed E-state index contributed by atoms with van der Waals surface area (Å²) in [5.74, 6) is 0. The molecule has 1 heterocycles. The van der Waals surface area contributed by atoms with Crippen molar-refractivity contribution in [1.29, 1.82) is 0 Å². The summed E-state index contributed by atoms with van der Waals surface area (Å²) in [5, 5.41) is 6.31. The molecule has 7 rings (SSSR count). The van der Waals surface area contributed by atoms with Crippen LogP contribution in [-0.2, 0) is 0 Å². The lowest BCUT2D eigenvalue weighted by atomic mass is 10.00. The van der Waals surface area contributed by atoms with Gasteiger partial charge in [0.25, 0.3) is 0 Å². The molecular formula is C36H25NS. The number of nitrogens with one attached hydrogen (secondary N) is 1. The van der Waals surface area contributed by atoms with E-state index in [9.17, 15) is 0 Å². The van der Waals surface area contributed by atoms with E-state index in [4.69, 9.17) is 0 Å². The summed E-state index contributed by atoms with van der Waals surface area (Å²) in [5.41, 5.74) is 9.49. The van der Waals surface area contributed by atoms with Gasteiger partial charge in [0.2, 0.25) is 0 Å². The number of benzene rings is 6. The zero-order valence-electron chi connectivity index (χ0n) is 20.8. The van der Waals surface area contributed by atoms with Crippen molar-refractivity contribution in [2.45, 2.75) is 0 Å². The van der Waals surface area contributed by atoms with E-state index in [1.807, 2.05) is 11.3 Å². The molecule has 0 amide bonds. The number of anilines is 2. The molecule has 0 bridgehead atoms. The van der Waals surface area contributed by atoms with Gasteiger partial charge in [0.15, 0.2) is 0 Å². The number of hydrogen-bond donors (Lipinski definition) is 1. The summed E-state index contributed by atoms with van der Waals surface area (Å²) in [6.45, 7) is 0. The second kappa shape index (κ2) is 9.66. The third kappa shape index (κ3) is 4.26. The molecule has 38 heavy (non-hydrogen) atoms. The number of hydrogen-bond acceptors (Lipinski definition) is 2. The molecule has 0 saturated heterocycles. The highest BCUT2D eigenvalue weighted by molar-refractivity contribution is 7.25. The van der Waals surface area contributed by atoms with Crippen molar-refractivity contribution >= 4 is 42.9 Å². The number of para-hydroxylation sites is 1. The summed E-state index contributed by atoms with van der Waals surface area (Å²) in [6, 6.07) is 52.0. The summed E-state index contributed by atoms with van der Waals surface area (Å²) in [4.78, 5) is 0. The molecular weight excluding hydrogens is 478 g/mol. The minimum absolute atomic E-state index is 1.07. The first-order valence-corrected chi connectivity index (χ1v) is 13.7. The Morgan fingerprint density at radius 2 is 0.947 bits per heavy atom. The van der Waals surface area contributed by atoms with Crippen LogP contribution in [0.2, 0.25) is 0 Å². The molecule has 1 aromatic heterocycles. The van der Waals surface area contributed by atoms with Crippen LogP contribution >= 0.6 is 11.3 Å². The maximum atomic E-state index is 3.66. The highest BCUT2D eigenvalue weighted by atomic mass is 32.1. The Hall–Kier alpha value is -4.66. The molecule has 0 radical (unpaired) electrons. The molecule has 2 heteroatoms. The van der Waals surface area contributed by atoms with Gasteiger partial charge in [-0.25, -0.2) is 0 Å². The molecule has 0 saturated carbocycles. The van der Waals surface area contributed by atoms with E-state index < -0.39 is 0 Å². The van der Waals surface area contributed by atoms with Gasteiger partial charge in [0.1, 0.15) is 0 Å². The Morgan fingerprint density at radius 3 is 1.71 bits per heavy atom. The van der Waals surface area contributed by atoms with Crippen LogP contribution in [0.1, 0.15) is 0 Å². The SMILES string of the molecule is c1ccc(-c2ccc(-c3ccc(Nc4ccccc4-c4ccc5sc6ccccc6c5c4)cc3)cc2)cc1. The van der Waals surface area contributed by atoms with Crippen LogP contribution in [0.5, 0.6) is 0 Å². The van der Waals surface area contributed by atoms with Crippen molar-refractivity contribution in [3.05, 3.63) is 146 Å². The molecule has 7 aromatic rings. The Labute approximate surface area is 226 Å². The van der Waals surface area contributed by atoms with Crippen LogP contribution < -0.4 is 5.32 Å². The van der Waals surface area contributed by atoms with E-state index in [2.05, 4.69) is 151 Å². The molecule has 1 nitrogen and oxygen atoms in total. The zero-order valence-corrected chi connectivity index (χ0v) is 21.6. The van der Waals surface area contributed by atoms with Gasteiger partial charge in [0, 0.05) is 37.1 Å². The summed E-state index contributed by atoms with van der Waals surface area (Å²) >= 11 is 1.86. The van der Waals surface area contributed by atoms with E-state index >= 15 is 0 Å². The summed E-state index contributed by atoms with van der Waals surface area (Å²) < 4.78 is 2.66. The van der Waals surface area contributed by atoms with Gasteiger partial charge in [-0.2, -0.15) is 0 Å². The molecule has 6 aromatic carbocycles. The summed E-state index contributed by atoms with van der Waals surface area (Å²) in [7, 11) is 0. The standard InChI is InChI=1S/C36H25NS/c1-2-8-25(9-3-1)26-14-16-27(17-15-26)28-18-21-30(22-19-28)37-34-12-6-4-10-31(34)29-20-23-36-33(24-29)32-11-5-7-13-35(32)38-36/h1-24,37H. The van der Waals surface area contributed by atoms with Gasteiger partial charge < -0.3 is 5.32 Å². The van der Waals surface area contributed by atoms with Crippen molar-refractivity contribution in [2.24, 2.45) is 0 Å². The highest BCUT2D eigenvalue weighted by Gasteiger charge is 2.10. The topological polar surface area (TPSA) is 12.0 Å². The van der Waals surface area contributed by atoms with Crippen LogP contribution in [0.3, 0.4) is 0 Å². The first kappa shape index (κ1) is 22.5. The lowest BCUT2D eigenvalue weighted by Gasteiger charge is -2.13. The normalized spacial score (nSPS) is 11.2. The maximum Gasteiger partial charge on any atom is 0.0463 e. The van der Waals surface area contributed by atoms with Crippen LogP contribution in [-0.4, -0.2) is 0 Å². The molecule has 0 spiro atoms. The van der Waals surface area contributed by atoms with Gasteiger partial charge >= 0.3 is 0 Å². The third-order valence-electron chi connectivity index (χ3n) is 7.10. The number of rotatable bonds is 5. The van der Waals surface area contributed by atoms with Gasteiger partial charge in [-0.15, -0.1) is 11.3 Å². The molecule has 0 fully saturated rings. The predicted molar refractivity (Wildman–Crippen MR) is 165 cm³/mol. The smallest absolute Gasteiger partial charge is 0.0463 e. The maximum absolute atomic E-state index is 3.66. The van der Waals surface area contributed by atoms with Gasteiger partial charge in [-0.3, -0.25) is 0 Å². The first-order valence-electron chi connectivity index (χ1n) is 12.9. The van der Waals surface area contributed by atoms with Crippen LogP contribution in [0.25, 0.3) is 53.6 Å². The van der Waals surface area contributed by atoms with Gasteiger partial charge in [0.05, 0.1) is 0 Å². The number of fused-ring (bicyclic) bond motifs is 3. The lowest BCUT2D eigenvalue weighted by molar-refractivity contribution is 1.53. The van der Waals surface area contributed by atoms with Gasteiger partial charge in [-0.05, 0) is 64.2 Å². The molecule has 0 atom stereocenters. The quantitative estimate of drug-likeness (QED) is 0.246. The van der Waals surface area contributed by atoms with E-state index in [1.54, 1.807) is 0 Å². The molecule has 180 valence electrons. The molecule has 1 N–H and O–H groups in total. The fraction of sp³-hybridized carbons (Fsp3) is 0. The van der Waals surface area contributed by atoms with Crippen LogP contribution in [0.4, 0.5) is 11.4 Å². The van der Waals surface area contributed by atoms with E-state index in [0.29, 0.717) is 0 Å². The Bertz CT molecular complexity index is 1860. The average Bonchev–Trinajstić information content (AvgIpc) is 3.36. The molecule has 0 unspecified atom stereocenters. The van der Waals surface area contributed by atoms with Crippen LogP contribution in [0.15, 0.2) is 146 Å². The van der Waals surface area contributed by atoms with Crippen molar-refractivity contribution < 1.29 is 0 Å². The fourth-order valence-corrected chi connectivity index (χ4v) is 6.21. The third-order valence-corrected chi connectivity index (χ3v) is 8.26. The van der Waals surface area contributed by atoms with Crippen molar-refractivity contribution in [1.82, 2.24) is 0 Å². The molecule has 0 aliphatic heterocycles. The first-order chi connectivity index (χ1) is 18.8. The van der Waals surface area contributed by atoms with Crippen molar-refractivity contribution in [3.8, 4) is 33.4 Å². The fourth-order valence-electron chi connectivity index (χ4n) is 5.12. The highest BCUT2D eigenvalue weighted by Crippen LogP contribution is 2.38. The lowest BCUT2D eigenvalue weighted by Crippen LogP contribution is -1.93. The minimum atomic E-state index is 1.07. The zero-order chi connectivity index (χ0) is 25.3. The largest absolute Gasteiger partial charge is 0.355 e. The van der Waals surface area contributed by atoms with Gasteiger partial charge in [-0.1, -0.05) is 109 Å². The number of thiophene rings is 1. The Morgan fingerprint density at radius 1 is 0.395 bits per heavy atom. The van der Waals surface area contributed by atoms with E-state index in [0.717, 1.165) is 11.4 Å². The molecule has 0 aliphatic carbocycles. The second-order valence-electron chi connectivity index (χ2n) is 9.50. The second-order valence-corrected chi connectivity index (χ2v) is 10.6.